The number of fused-ring (bicyclic) bond motifs is 1. The summed E-state index contributed by atoms with van der Waals surface area (Å²) in [6.07, 6.45) is 0. The zero-order valence-electron chi connectivity index (χ0n) is 7.95. The molecule has 1 aliphatic heterocycles. The van der Waals surface area contributed by atoms with Crippen molar-refractivity contribution in [2.75, 3.05) is 5.75 Å². The van der Waals surface area contributed by atoms with Gasteiger partial charge in [-0.1, -0.05) is 0 Å². The SMILES string of the molecule is NC1CS(=O)(=O)c2ccc(F)cc2C1(F)F. The quantitative estimate of drug-likeness (QED) is 0.701. The summed E-state index contributed by atoms with van der Waals surface area (Å²) < 4.78 is 63.1. The highest BCUT2D eigenvalue weighted by atomic mass is 32.2. The van der Waals surface area contributed by atoms with Crippen LogP contribution >= 0.6 is 0 Å². The second kappa shape index (κ2) is 3.21. The van der Waals surface area contributed by atoms with E-state index in [0.29, 0.717) is 6.07 Å². The number of benzene rings is 1. The Labute approximate surface area is 90.0 Å². The highest BCUT2D eigenvalue weighted by molar-refractivity contribution is 7.91. The van der Waals surface area contributed by atoms with Crippen molar-refractivity contribution in [3.05, 3.63) is 29.6 Å². The minimum absolute atomic E-state index is 0.520. The van der Waals surface area contributed by atoms with Crippen molar-refractivity contribution >= 4 is 9.84 Å². The van der Waals surface area contributed by atoms with E-state index in [-0.39, 0.29) is 0 Å². The Morgan fingerprint density at radius 3 is 2.62 bits per heavy atom. The second-order valence-corrected chi connectivity index (χ2v) is 5.65. The van der Waals surface area contributed by atoms with E-state index in [0.717, 1.165) is 12.1 Å². The van der Waals surface area contributed by atoms with E-state index in [1.54, 1.807) is 0 Å². The molecule has 1 aromatic rings. The van der Waals surface area contributed by atoms with Crippen LogP contribution in [0.3, 0.4) is 0 Å². The van der Waals surface area contributed by atoms with Crippen LogP contribution in [0, 0.1) is 5.82 Å². The molecule has 1 unspecified atom stereocenters. The summed E-state index contributed by atoms with van der Waals surface area (Å²) in [6, 6.07) is 0.362. The maximum absolute atomic E-state index is 13.6. The monoisotopic (exact) mass is 251 g/mol. The fourth-order valence-corrected chi connectivity index (χ4v) is 3.33. The van der Waals surface area contributed by atoms with Gasteiger partial charge in [0.25, 0.3) is 5.92 Å². The van der Waals surface area contributed by atoms with Crippen LogP contribution in [-0.2, 0) is 15.8 Å². The third-order valence-corrected chi connectivity index (χ3v) is 4.32. The maximum atomic E-state index is 13.6. The van der Waals surface area contributed by atoms with Crippen LogP contribution < -0.4 is 5.73 Å². The summed E-state index contributed by atoms with van der Waals surface area (Å²) in [7, 11) is -3.85. The number of hydrogen-bond acceptors (Lipinski definition) is 3. The molecule has 3 nitrogen and oxygen atoms in total. The molecular weight excluding hydrogens is 243 g/mol. The predicted octanol–water partition coefficient (Wildman–Crippen LogP) is 1.03. The van der Waals surface area contributed by atoms with Crippen molar-refractivity contribution < 1.29 is 21.6 Å². The fraction of sp³-hybridized carbons (Fsp3) is 0.333. The molecule has 0 aliphatic carbocycles. The first-order valence-electron chi connectivity index (χ1n) is 4.41. The van der Waals surface area contributed by atoms with Crippen molar-refractivity contribution in [2.24, 2.45) is 5.73 Å². The number of halogens is 3. The summed E-state index contributed by atoms with van der Waals surface area (Å²) in [5, 5.41) is 0. The first-order valence-corrected chi connectivity index (χ1v) is 6.06. The summed E-state index contributed by atoms with van der Waals surface area (Å²) in [4.78, 5) is -0.541. The van der Waals surface area contributed by atoms with Crippen molar-refractivity contribution in [3.8, 4) is 0 Å². The minimum Gasteiger partial charge on any atom is -0.322 e. The topological polar surface area (TPSA) is 60.2 Å². The van der Waals surface area contributed by atoms with Gasteiger partial charge in [0.2, 0.25) is 0 Å². The van der Waals surface area contributed by atoms with Crippen LogP contribution in [0.5, 0.6) is 0 Å². The van der Waals surface area contributed by atoms with E-state index < -0.39 is 43.8 Å². The summed E-state index contributed by atoms with van der Waals surface area (Å²) >= 11 is 0. The first kappa shape index (κ1) is 11.4. The Morgan fingerprint density at radius 2 is 2.00 bits per heavy atom. The summed E-state index contributed by atoms with van der Waals surface area (Å²) in [5.74, 6) is -5.27. The molecule has 0 aromatic heterocycles. The molecule has 2 N–H and O–H groups in total. The van der Waals surface area contributed by atoms with Crippen molar-refractivity contribution in [3.63, 3.8) is 0 Å². The van der Waals surface area contributed by atoms with Gasteiger partial charge in [-0.25, -0.2) is 12.8 Å². The van der Waals surface area contributed by atoms with Gasteiger partial charge in [-0.2, -0.15) is 8.78 Å². The molecule has 2 rings (SSSR count). The lowest BCUT2D eigenvalue weighted by molar-refractivity contribution is -0.0301. The summed E-state index contributed by atoms with van der Waals surface area (Å²) in [5.41, 5.74) is 4.25. The van der Waals surface area contributed by atoms with Gasteiger partial charge in [-0.3, -0.25) is 0 Å². The van der Waals surface area contributed by atoms with Gasteiger partial charge in [-0.05, 0) is 18.2 Å². The molecule has 0 radical (unpaired) electrons. The van der Waals surface area contributed by atoms with Gasteiger partial charge in [0.05, 0.1) is 16.7 Å². The number of alkyl halides is 2. The van der Waals surface area contributed by atoms with Crippen LogP contribution in [0.15, 0.2) is 23.1 Å². The average molecular weight is 251 g/mol. The van der Waals surface area contributed by atoms with E-state index in [9.17, 15) is 21.6 Å². The maximum Gasteiger partial charge on any atom is 0.290 e. The first-order chi connectivity index (χ1) is 7.25. The zero-order valence-corrected chi connectivity index (χ0v) is 8.77. The third kappa shape index (κ3) is 1.51. The van der Waals surface area contributed by atoms with E-state index in [4.69, 9.17) is 5.73 Å². The van der Waals surface area contributed by atoms with Gasteiger partial charge in [-0.15, -0.1) is 0 Å². The van der Waals surface area contributed by atoms with E-state index in [1.165, 1.54) is 0 Å². The molecule has 1 aliphatic rings. The number of nitrogens with two attached hydrogens (primary N) is 1. The molecule has 1 heterocycles. The molecule has 0 fully saturated rings. The number of hydrogen-bond donors (Lipinski definition) is 1. The Morgan fingerprint density at radius 1 is 1.38 bits per heavy atom. The molecule has 0 bridgehead atoms. The summed E-state index contributed by atoms with van der Waals surface area (Å²) in [6.45, 7) is 0. The van der Waals surface area contributed by atoms with Crippen LogP contribution in [-0.4, -0.2) is 20.2 Å². The predicted molar refractivity (Wildman–Crippen MR) is 50.3 cm³/mol. The molecule has 0 saturated carbocycles. The van der Waals surface area contributed by atoms with Crippen molar-refractivity contribution in [1.29, 1.82) is 0 Å². The zero-order chi connectivity index (χ0) is 12.1. The van der Waals surface area contributed by atoms with E-state index >= 15 is 0 Å². The smallest absolute Gasteiger partial charge is 0.290 e. The van der Waals surface area contributed by atoms with E-state index in [1.807, 2.05) is 0 Å². The van der Waals surface area contributed by atoms with Crippen molar-refractivity contribution in [1.82, 2.24) is 0 Å². The molecule has 0 saturated heterocycles. The molecule has 16 heavy (non-hydrogen) atoms. The van der Waals surface area contributed by atoms with E-state index in [2.05, 4.69) is 0 Å². The van der Waals surface area contributed by atoms with Gasteiger partial charge < -0.3 is 5.73 Å². The largest absolute Gasteiger partial charge is 0.322 e. The third-order valence-electron chi connectivity index (χ3n) is 2.50. The lowest BCUT2D eigenvalue weighted by atomic mass is 10.0. The molecule has 0 spiro atoms. The Balaban J connectivity index is 2.78. The normalized spacial score (nSPS) is 26.1. The van der Waals surface area contributed by atoms with Gasteiger partial charge in [0, 0.05) is 5.56 Å². The molecule has 0 amide bonds. The molecule has 7 heteroatoms. The molecule has 1 aromatic carbocycles. The average Bonchev–Trinajstić information content (AvgIpc) is 2.14. The molecule has 1 atom stereocenters. The van der Waals surface area contributed by atoms with Gasteiger partial charge >= 0.3 is 0 Å². The van der Waals surface area contributed by atoms with Gasteiger partial charge in [0.15, 0.2) is 9.84 Å². The highest BCUT2D eigenvalue weighted by Gasteiger charge is 2.49. The molecule has 88 valence electrons. The van der Waals surface area contributed by atoms with Crippen LogP contribution in [0.4, 0.5) is 13.2 Å². The number of sulfone groups is 1. The highest BCUT2D eigenvalue weighted by Crippen LogP contribution is 2.40. The Hall–Kier alpha value is -1.08. The number of rotatable bonds is 0. The van der Waals surface area contributed by atoms with Crippen LogP contribution in [0.2, 0.25) is 0 Å². The van der Waals surface area contributed by atoms with Crippen LogP contribution in [0.1, 0.15) is 5.56 Å². The second-order valence-electron chi connectivity index (χ2n) is 3.65. The fourth-order valence-electron chi connectivity index (χ4n) is 1.66. The lowest BCUT2D eigenvalue weighted by Crippen LogP contribution is -2.48. The minimum atomic E-state index is -3.85. The van der Waals surface area contributed by atoms with Crippen LogP contribution in [0.25, 0.3) is 0 Å². The Bertz CT molecular complexity index is 542. The Kier molecular flexibility index (Phi) is 2.29. The standard InChI is InChI=1S/C9H8F3NO2S/c10-5-1-2-7-6(3-5)9(11,12)8(13)4-16(7,14)15/h1-3,8H,4,13H2. The van der Waals surface area contributed by atoms with Gasteiger partial charge in [0.1, 0.15) is 5.82 Å². The molecular formula is C9H8F3NO2S. The lowest BCUT2D eigenvalue weighted by Gasteiger charge is -2.30. The van der Waals surface area contributed by atoms with Crippen molar-refractivity contribution in [2.45, 2.75) is 16.9 Å².